The van der Waals surface area contributed by atoms with Gasteiger partial charge in [-0.15, -0.1) is 14.8 Å². The van der Waals surface area contributed by atoms with Crippen molar-refractivity contribution < 1.29 is 0 Å². The summed E-state index contributed by atoms with van der Waals surface area (Å²) in [4.78, 5) is 0. The van der Waals surface area contributed by atoms with Crippen molar-refractivity contribution in [2.75, 3.05) is 5.32 Å². The van der Waals surface area contributed by atoms with Crippen LogP contribution in [0.2, 0.25) is 0 Å². The molecule has 1 aromatic carbocycles. The number of tetrazole rings is 1. The van der Waals surface area contributed by atoms with Crippen LogP contribution in [0.5, 0.6) is 0 Å². The normalized spacial score (nSPS) is 10.7. The minimum Gasteiger partial charge on any atom is -0.338 e. The Morgan fingerprint density at radius 3 is 2.94 bits per heavy atom. The minimum absolute atomic E-state index is 0.469. The first-order valence-electron chi connectivity index (χ1n) is 5.47. The maximum atomic E-state index is 5.68. The van der Waals surface area contributed by atoms with Gasteiger partial charge in [0.15, 0.2) is 11.5 Å². The van der Waals surface area contributed by atoms with Crippen LogP contribution < -0.4 is 11.1 Å². The molecule has 0 bridgehead atoms. The fraction of sp³-hybridized carbons (Fsp3) is 0.0909. The molecule has 0 spiro atoms. The molecule has 0 aliphatic rings. The maximum absolute atomic E-state index is 5.68. The summed E-state index contributed by atoms with van der Waals surface area (Å²) in [5.41, 5.74) is 8.24. The topological polar surface area (TPSA) is 94.0 Å². The summed E-state index contributed by atoms with van der Waals surface area (Å²) in [5, 5.41) is 18.5. The van der Waals surface area contributed by atoms with Gasteiger partial charge in [-0.1, -0.05) is 18.2 Å². The van der Waals surface area contributed by atoms with Crippen LogP contribution >= 0.6 is 0 Å². The smallest absolute Gasteiger partial charge is 0.200 e. The number of benzene rings is 1. The molecule has 0 atom stereocenters. The number of para-hydroxylation sites is 1. The minimum atomic E-state index is 0.469. The van der Waals surface area contributed by atoms with Crippen LogP contribution in [0.15, 0.2) is 36.4 Å². The second-order valence-electron chi connectivity index (χ2n) is 3.73. The molecule has 3 rings (SSSR count). The van der Waals surface area contributed by atoms with E-state index in [1.165, 1.54) is 4.63 Å². The molecule has 0 saturated heterocycles. The van der Waals surface area contributed by atoms with Crippen LogP contribution in [-0.4, -0.2) is 25.3 Å². The number of fused-ring (bicyclic) bond motifs is 1. The lowest BCUT2D eigenvalue weighted by molar-refractivity contribution is 0.736. The van der Waals surface area contributed by atoms with E-state index < -0.39 is 0 Å². The monoisotopic (exact) mass is 241 g/mol. The summed E-state index contributed by atoms with van der Waals surface area (Å²) in [7, 11) is 0. The summed E-state index contributed by atoms with van der Waals surface area (Å²) in [6, 6.07) is 11.4. The first kappa shape index (κ1) is 10.6. The zero-order chi connectivity index (χ0) is 12.4. The fourth-order valence-corrected chi connectivity index (χ4v) is 1.67. The summed E-state index contributed by atoms with van der Waals surface area (Å²) in [5.74, 6) is 0.663. The quantitative estimate of drug-likeness (QED) is 0.701. The third-order valence-electron chi connectivity index (χ3n) is 2.57. The highest BCUT2D eigenvalue weighted by molar-refractivity contribution is 5.60. The molecular weight excluding hydrogens is 230 g/mol. The Balaban J connectivity index is 1.95. The molecule has 2 heterocycles. The van der Waals surface area contributed by atoms with Crippen molar-refractivity contribution in [2.45, 2.75) is 6.54 Å². The molecule has 3 N–H and O–H groups in total. The van der Waals surface area contributed by atoms with E-state index in [1.807, 2.05) is 30.3 Å². The zero-order valence-electron chi connectivity index (χ0n) is 9.48. The molecule has 0 unspecified atom stereocenters. The van der Waals surface area contributed by atoms with Crippen molar-refractivity contribution in [3.05, 3.63) is 42.0 Å². The molecule has 0 saturated carbocycles. The highest BCUT2D eigenvalue weighted by Gasteiger charge is 2.03. The lowest BCUT2D eigenvalue weighted by Gasteiger charge is -2.09. The van der Waals surface area contributed by atoms with Gasteiger partial charge in [0.25, 0.3) is 0 Å². The van der Waals surface area contributed by atoms with Crippen molar-refractivity contribution in [3.63, 3.8) is 0 Å². The maximum Gasteiger partial charge on any atom is 0.200 e. The average Bonchev–Trinajstić information content (AvgIpc) is 2.87. The van der Waals surface area contributed by atoms with Crippen molar-refractivity contribution in [2.24, 2.45) is 5.73 Å². The summed E-state index contributed by atoms with van der Waals surface area (Å²) >= 11 is 0. The molecule has 0 aliphatic heterocycles. The number of nitrogens with two attached hydrogens (primary N) is 1. The third kappa shape index (κ3) is 1.87. The van der Waals surface area contributed by atoms with Gasteiger partial charge >= 0.3 is 0 Å². The van der Waals surface area contributed by atoms with E-state index in [2.05, 4.69) is 25.9 Å². The number of nitrogens with one attached hydrogen (secondary N) is 1. The number of nitrogens with zero attached hydrogens (tertiary/aromatic N) is 5. The molecular formula is C11H11N7. The molecule has 0 fully saturated rings. The first-order chi connectivity index (χ1) is 8.86. The van der Waals surface area contributed by atoms with E-state index in [-0.39, 0.29) is 0 Å². The Kier molecular flexibility index (Phi) is 2.58. The van der Waals surface area contributed by atoms with E-state index in [9.17, 15) is 0 Å². The number of anilines is 2. The summed E-state index contributed by atoms with van der Waals surface area (Å²) in [6.07, 6.45) is 0. The predicted molar refractivity (Wildman–Crippen MR) is 66.2 cm³/mol. The highest BCUT2D eigenvalue weighted by atomic mass is 15.6. The number of rotatable bonds is 3. The van der Waals surface area contributed by atoms with Crippen molar-refractivity contribution in [1.82, 2.24) is 25.3 Å². The SMILES string of the molecule is NCc1ccccc1Nc1ccc2nnnn2n1. The van der Waals surface area contributed by atoms with Gasteiger partial charge in [-0.25, -0.2) is 0 Å². The lowest BCUT2D eigenvalue weighted by atomic mass is 10.2. The summed E-state index contributed by atoms with van der Waals surface area (Å²) in [6.45, 7) is 0.469. The largest absolute Gasteiger partial charge is 0.338 e. The van der Waals surface area contributed by atoms with Gasteiger partial charge in [0.2, 0.25) is 0 Å². The molecule has 0 aliphatic carbocycles. The van der Waals surface area contributed by atoms with E-state index in [1.54, 1.807) is 6.07 Å². The van der Waals surface area contributed by atoms with E-state index in [0.29, 0.717) is 18.0 Å². The molecule has 18 heavy (non-hydrogen) atoms. The lowest BCUT2D eigenvalue weighted by Crippen LogP contribution is -2.04. The average molecular weight is 241 g/mol. The van der Waals surface area contributed by atoms with Crippen LogP contribution in [0, 0.1) is 0 Å². The van der Waals surface area contributed by atoms with Gasteiger partial charge in [-0.05, 0) is 34.2 Å². The first-order valence-corrected chi connectivity index (χ1v) is 5.47. The van der Waals surface area contributed by atoms with E-state index in [4.69, 9.17) is 5.73 Å². The van der Waals surface area contributed by atoms with Gasteiger partial charge in [0, 0.05) is 12.2 Å². The zero-order valence-corrected chi connectivity index (χ0v) is 9.48. The fourth-order valence-electron chi connectivity index (χ4n) is 1.67. The van der Waals surface area contributed by atoms with Gasteiger partial charge in [0.1, 0.15) is 0 Å². The van der Waals surface area contributed by atoms with Crippen molar-refractivity contribution in [1.29, 1.82) is 0 Å². The molecule has 7 nitrogen and oxygen atoms in total. The van der Waals surface area contributed by atoms with Gasteiger partial charge < -0.3 is 11.1 Å². The highest BCUT2D eigenvalue weighted by Crippen LogP contribution is 2.18. The van der Waals surface area contributed by atoms with Gasteiger partial charge in [0.05, 0.1) is 0 Å². The van der Waals surface area contributed by atoms with Crippen LogP contribution in [-0.2, 0) is 6.54 Å². The van der Waals surface area contributed by atoms with Gasteiger partial charge in [-0.3, -0.25) is 0 Å². The number of aromatic nitrogens is 5. The number of hydrogen-bond acceptors (Lipinski definition) is 6. The van der Waals surface area contributed by atoms with Gasteiger partial charge in [-0.2, -0.15) is 0 Å². The Labute approximate surface area is 103 Å². The summed E-state index contributed by atoms with van der Waals surface area (Å²) < 4.78 is 1.37. The van der Waals surface area contributed by atoms with Crippen LogP contribution in [0.3, 0.4) is 0 Å². The molecule has 0 amide bonds. The Hall–Kier alpha value is -2.54. The second kappa shape index (κ2) is 4.38. The predicted octanol–water partition coefficient (Wildman–Crippen LogP) is 0.722. The van der Waals surface area contributed by atoms with E-state index >= 15 is 0 Å². The molecule has 3 aromatic rings. The third-order valence-corrected chi connectivity index (χ3v) is 2.57. The van der Waals surface area contributed by atoms with Crippen LogP contribution in [0.4, 0.5) is 11.5 Å². The second-order valence-corrected chi connectivity index (χ2v) is 3.73. The number of hydrogen-bond donors (Lipinski definition) is 2. The molecule has 7 heteroatoms. The van der Waals surface area contributed by atoms with E-state index in [0.717, 1.165) is 11.3 Å². The van der Waals surface area contributed by atoms with Crippen molar-refractivity contribution in [3.8, 4) is 0 Å². The Morgan fingerprint density at radius 2 is 2.06 bits per heavy atom. The molecule has 0 radical (unpaired) electrons. The molecule has 2 aromatic heterocycles. The standard InChI is InChI=1S/C11H11N7/c12-7-8-3-1-2-4-9(8)13-10-5-6-11-14-16-17-18(11)15-10/h1-6H,7,12H2,(H,13,15). The van der Waals surface area contributed by atoms with Crippen molar-refractivity contribution >= 4 is 17.2 Å². The van der Waals surface area contributed by atoms with Crippen LogP contribution in [0.1, 0.15) is 5.56 Å². The molecule has 90 valence electrons. The van der Waals surface area contributed by atoms with Crippen LogP contribution in [0.25, 0.3) is 5.65 Å². The Bertz CT molecular complexity index is 676. The Morgan fingerprint density at radius 1 is 1.17 bits per heavy atom.